The van der Waals surface area contributed by atoms with Gasteiger partial charge in [-0.3, -0.25) is 4.79 Å². The number of fused-ring (bicyclic) bond motifs is 1. The Morgan fingerprint density at radius 1 is 1.33 bits per heavy atom. The third kappa shape index (κ3) is 2.80. The molecule has 0 aromatic carbocycles. The van der Waals surface area contributed by atoms with Gasteiger partial charge < -0.3 is 29.9 Å². The second-order valence-corrected chi connectivity index (χ2v) is 7.49. The summed E-state index contributed by atoms with van der Waals surface area (Å²) >= 11 is 0. The normalized spacial score (nSPS) is 30.9. The van der Waals surface area contributed by atoms with Crippen LogP contribution >= 0.6 is 0 Å². The number of urea groups is 1. The van der Waals surface area contributed by atoms with Crippen LogP contribution in [0.2, 0.25) is 0 Å². The lowest BCUT2D eigenvalue weighted by atomic mass is 9.59. The fourth-order valence-corrected chi connectivity index (χ4v) is 4.44. The molecule has 130 valence electrons. The number of nitrogens with zero attached hydrogens (tertiary/aromatic N) is 2. The number of ether oxygens (including phenoxy) is 1. The second-order valence-electron chi connectivity index (χ2n) is 7.49. The van der Waals surface area contributed by atoms with Gasteiger partial charge in [-0.2, -0.15) is 0 Å². The van der Waals surface area contributed by atoms with Crippen LogP contribution in [0, 0.1) is 5.41 Å². The van der Waals surface area contributed by atoms with Crippen molar-refractivity contribution in [3.05, 3.63) is 11.5 Å². The summed E-state index contributed by atoms with van der Waals surface area (Å²) in [6.45, 7) is 2.71. The van der Waals surface area contributed by atoms with Crippen LogP contribution in [0.15, 0.2) is 11.5 Å². The summed E-state index contributed by atoms with van der Waals surface area (Å²) in [4.78, 5) is 27.7. The molecule has 4 rings (SSSR count). The van der Waals surface area contributed by atoms with Crippen molar-refractivity contribution in [3.8, 4) is 0 Å². The first-order chi connectivity index (χ1) is 11.4. The third-order valence-corrected chi connectivity index (χ3v) is 5.51. The summed E-state index contributed by atoms with van der Waals surface area (Å²) in [5.74, 6) is 1.36. The summed E-state index contributed by atoms with van der Waals surface area (Å²) in [5, 5.41) is 20.8. The number of nitrogens with one attached hydrogen (secondary N) is 1. The second kappa shape index (κ2) is 5.75. The molecule has 2 atom stereocenters. The van der Waals surface area contributed by atoms with Crippen molar-refractivity contribution >= 4 is 19.1 Å². The van der Waals surface area contributed by atoms with Crippen molar-refractivity contribution < 1.29 is 24.4 Å². The van der Waals surface area contributed by atoms with E-state index in [0.29, 0.717) is 13.1 Å². The van der Waals surface area contributed by atoms with E-state index in [1.165, 1.54) is 5.98 Å². The molecule has 3 N–H and O–H groups in total. The number of hydrogen-bond acceptors (Lipinski definition) is 5. The highest BCUT2D eigenvalue weighted by Gasteiger charge is 2.52. The zero-order chi connectivity index (χ0) is 16.9. The van der Waals surface area contributed by atoms with E-state index < -0.39 is 7.12 Å². The maximum absolute atomic E-state index is 12.6. The standard InChI is InChI=1S/C15H22BN3O5/c20-13-7-24-12-1-2-18(6-11(12)17-13)14(21)19-8-15(9-19)3-10(4-15)5-16(22)23/h5,11-12,22-23H,1-4,6-9H2,(H,17,20)/t11-,12+/m1/s1. The molecule has 1 aliphatic carbocycles. The van der Waals surface area contributed by atoms with E-state index in [1.54, 1.807) is 4.90 Å². The lowest BCUT2D eigenvalue weighted by molar-refractivity contribution is -0.140. The number of allylic oxidation sites excluding steroid dienone is 1. The molecule has 0 aromatic heterocycles. The van der Waals surface area contributed by atoms with Gasteiger partial charge in [0.25, 0.3) is 0 Å². The van der Waals surface area contributed by atoms with Crippen molar-refractivity contribution in [3.63, 3.8) is 0 Å². The smallest absolute Gasteiger partial charge is 0.424 e. The number of rotatable bonds is 1. The van der Waals surface area contributed by atoms with Crippen LogP contribution in [0.25, 0.3) is 0 Å². The largest absolute Gasteiger partial charge is 0.480 e. The first-order valence-electron chi connectivity index (χ1n) is 8.45. The Labute approximate surface area is 140 Å². The molecule has 3 aliphatic heterocycles. The highest BCUT2D eigenvalue weighted by Crippen LogP contribution is 2.51. The van der Waals surface area contributed by atoms with Gasteiger partial charge in [0.2, 0.25) is 5.91 Å². The molecule has 3 heterocycles. The first kappa shape index (κ1) is 15.9. The summed E-state index contributed by atoms with van der Waals surface area (Å²) in [6.07, 6.45) is 2.43. The van der Waals surface area contributed by atoms with Crippen molar-refractivity contribution in [2.24, 2.45) is 5.41 Å². The predicted molar refractivity (Wildman–Crippen MR) is 84.8 cm³/mol. The molecule has 1 spiro atoms. The average Bonchev–Trinajstić information content (AvgIpc) is 2.46. The quantitative estimate of drug-likeness (QED) is 0.519. The monoisotopic (exact) mass is 335 g/mol. The van der Waals surface area contributed by atoms with Crippen LogP contribution in [0.3, 0.4) is 0 Å². The van der Waals surface area contributed by atoms with Crippen LogP contribution in [0.4, 0.5) is 4.79 Å². The Hall–Kier alpha value is -1.58. The van der Waals surface area contributed by atoms with E-state index in [0.717, 1.165) is 37.9 Å². The van der Waals surface area contributed by atoms with Crippen LogP contribution in [-0.4, -0.2) is 83.8 Å². The molecule has 0 radical (unpaired) electrons. The molecule has 4 fully saturated rings. The van der Waals surface area contributed by atoms with Gasteiger partial charge in [-0.15, -0.1) is 0 Å². The maximum atomic E-state index is 12.6. The van der Waals surface area contributed by atoms with Crippen LogP contribution < -0.4 is 5.32 Å². The number of piperidine rings is 1. The van der Waals surface area contributed by atoms with Gasteiger partial charge >= 0.3 is 13.1 Å². The number of likely N-dealkylation sites (tertiary alicyclic amines) is 2. The number of morpholine rings is 1. The molecule has 0 bridgehead atoms. The van der Waals surface area contributed by atoms with Gasteiger partial charge in [0.15, 0.2) is 0 Å². The topological polar surface area (TPSA) is 102 Å². The highest BCUT2D eigenvalue weighted by molar-refractivity contribution is 6.47. The Morgan fingerprint density at radius 3 is 2.79 bits per heavy atom. The van der Waals surface area contributed by atoms with E-state index >= 15 is 0 Å². The summed E-state index contributed by atoms with van der Waals surface area (Å²) in [6, 6.07) is -0.0815. The van der Waals surface area contributed by atoms with Crippen molar-refractivity contribution in [1.82, 2.24) is 15.1 Å². The van der Waals surface area contributed by atoms with Gasteiger partial charge in [0.1, 0.15) is 6.61 Å². The van der Waals surface area contributed by atoms with Gasteiger partial charge in [-0.1, -0.05) is 11.5 Å². The zero-order valence-corrected chi connectivity index (χ0v) is 13.5. The molecule has 0 aromatic rings. The minimum atomic E-state index is -1.38. The zero-order valence-electron chi connectivity index (χ0n) is 13.5. The molecule has 9 heteroatoms. The number of carbonyl (C=O) groups excluding carboxylic acids is 2. The fraction of sp³-hybridized carbons (Fsp3) is 0.733. The first-order valence-corrected chi connectivity index (χ1v) is 8.45. The van der Waals surface area contributed by atoms with Gasteiger partial charge in [0, 0.05) is 31.6 Å². The van der Waals surface area contributed by atoms with E-state index in [2.05, 4.69) is 5.32 Å². The Kier molecular flexibility index (Phi) is 3.82. The van der Waals surface area contributed by atoms with E-state index in [9.17, 15) is 9.59 Å². The highest BCUT2D eigenvalue weighted by atomic mass is 16.5. The Morgan fingerprint density at radius 2 is 2.08 bits per heavy atom. The molecule has 24 heavy (non-hydrogen) atoms. The van der Waals surface area contributed by atoms with E-state index in [4.69, 9.17) is 14.8 Å². The number of amides is 3. The molecule has 0 unspecified atom stereocenters. The average molecular weight is 335 g/mol. The molecule has 3 saturated heterocycles. The Balaban J connectivity index is 1.28. The van der Waals surface area contributed by atoms with Gasteiger partial charge in [-0.25, -0.2) is 4.79 Å². The Bertz CT molecular complexity index is 580. The summed E-state index contributed by atoms with van der Waals surface area (Å²) in [5.41, 5.74) is 1.19. The molecular weight excluding hydrogens is 313 g/mol. The molecule has 8 nitrogen and oxygen atoms in total. The minimum Gasteiger partial charge on any atom is -0.424 e. The molecular formula is C15H22BN3O5. The van der Waals surface area contributed by atoms with Crippen LogP contribution in [0.5, 0.6) is 0 Å². The maximum Gasteiger partial charge on any atom is 0.480 e. The number of carbonyl (C=O) groups is 2. The molecule has 1 saturated carbocycles. The predicted octanol–water partition coefficient (Wildman–Crippen LogP) is -1.27. The van der Waals surface area contributed by atoms with Crippen molar-refractivity contribution in [2.75, 3.05) is 32.8 Å². The van der Waals surface area contributed by atoms with Crippen molar-refractivity contribution in [1.29, 1.82) is 0 Å². The minimum absolute atomic E-state index is 0.0127. The van der Waals surface area contributed by atoms with Gasteiger partial charge in [0.05, 0.1) is 12.1 Å². The lowest BCUT2D eigenvalue weighted by Gasteiger charge is -2.58. The molecule has 3 amide bonds. The van der Waals surface area contributed by atoms with E-state index in [-0.39, 0.29) is 36.1 Å². The summed E-state index contributed by atoms with van der Waals surface area (Å²) < 4.78 is 5.52. The lowest BCUT2D eigenvalue weighted by Crippen LogP contribution is -2.67. The number of hydrogen-bond donors (Lipinski definition) is 3. The van der Waals surface area contributed by atoms with Crippen molar-refractivity contribution in [2.45, 2.75) is 31.4 Å². The van der Waals surface area contributed by atoms with Gasteiger partial charge in [-0.05, 0) is 19.3 Å². The fourth-order valence-electron chi connectivity index (χ4n) is 4.44. The summed E-state index contributed by atoms with van der Waals surface area (Å²) in [7, 11) is -1.38. The van der Waals surface area contributed by atoms with E-state index in [1.807, 2.05) is 4.90 Å². The SMILES string of the molecule is O=C1CO[C@H]2CCN(C(=O)N3CC4(CC(=CB(O)O)C4)C3)C[C@H]2N1. The molecule has 4 aliphatic rings. The van der Waals surface area contributed by atoms with Crippen LogP contribution in [0.1, 0.15) is 19.3 Å². The third-order valence-electron chi connectivity index (χ3n) is 5.51. The van der Waals surface area contributed by atoms with Crippen LogP contribution in [-0.2, 0) is 9.53 Å².